The highest BCUT2D eigenvalue weighted by molar-refractivity contribution is 9.10. The fourth-order valence-corrected chi connectivity index (χ4v) is 1.84. The molecule has 18 heavy (non-hydrogen) atoms. The van der Waals surface area contributed by atoms with Gasteiger partial charge in [0.15, 0.2) is 11.6 Å². The molecule has 0 bridgehead atoms. The molecule has 0 saturated carbocycles. The third-order valence-electron chi connectivity index (χ3n) is 2.28. The maximum absolute atomic E-state index is 13.6. The van der Waals surface area contributed by atoms with Gasteiger partial charge in [0.1, 0.15) is 11.5 Å². The average molecular weight is 317 g/mol. The quantitative estimate of drug-likeness (QED) is 0.815. The molecule has 0 atom stereocenters. The Morgan fingerprint density at radius 3 is 2.22 bits per heavy atom. The summed E-state index contributed by atoms with van der Waals surface area (Å²) in [6, 6.07) is 5.74. The van der Waals surface area contributed by atoms with Gasteiger partial charge in [-0.05, 0) is 30.3 Å². The molecule has 94 valence electrons. The number of hydrogen-bond acceptors (Lipinski definition) is 2. The summed E-state index contributed by atoms with van der Waals surface area (Å²) < 4.78 is 40.4. The average Bonchev–Trinajstić information content (AvgIpc) is 2.28. The molecule has 0 heterocycles. The van der Waals surface area contributed by atoms with Gasteiger partial charge in [-0.1, -0.05) is 15.9 Å². The van der Waals surface area contributed by atoms with Gasteiger partial charge in [-0.2, -0.15) is 0 Å². The summed E-state index contributed by atoms with van der Waals surface area (Å²) in [6.07, 6.45) is 0. The first kappa shape index (κ1) is 12.8. The van der Waals surface area contributed by atoms with Gasteiger partial charge < -0.3 is 11.1 Å². The molecule has 0 amide bonds. The van der Waals surface area contributed by atoms with Crippen molar-refractivity contribution in [3.8, 4) is 0 Å². The highest BCUT2D eigenvalue weighted by Crippen LogP contribution is 2.29. The van der Waals surface area contributed by atoms with E-state index in [0.717, 1.165) is 24.3 Å². The minimum absolute atomic E-state index is 0.107. The number of nitrogens with two attached hydrogens (primary N) is 1. The lowest BCUT2D eigenvalue weighted by atomic mass is 10.2. The van der Waals surface area contributed by atoms with Crippen molar-refractivity contribution in [2.24, 2.45) is 0 Å². The van der Waals surface area contributed by atoms with Crippen LogP contribution in [0.2, 0.25) is 0 Å². The second kappa shape index (κ2) is 4.89. The van der Waals surface area contributed by atoms with Crippen LogP contribution in [-0.2, 0) is 0 Å². The third kappa shape index (κ3) is 2.59. The number of rotatable bonds is 2. The molecule has 3 N–H and O–H groups in total. The normalized spacial score (nSPS) is 10.4. The third-order valence-corrected chi connectivity index (χ3v) is 2.74. The van der Waals surface area contributed by atoms with Gasteiger partial charge in [-0.15, -0.1) is 0 Å². The Kier molecular flexibility index (Phi) is 3.47. The predicted octanol–water partition coefficient (Wildman–Crippen LogP) is 4.19. The van der Waals surface area contributed by atoms with E-state index in [1.54, 1.807) is 0 Å². The number of halogens is 4. The summed E-state index contributed by atoms with van der Waals surface area (Å²) in [4.78, 5) is 0. The molecule has 0 aliphatic heterocycles. The molecule has 2 aromatic carbocycles. The monoisotopic (exact) mass is 316 g/mol. The maximum atomic E-state index is 13.6. The van der Waals surface area contributed by atoms with Gasteiger partial charge in [0.25, 0.3) is 0 Å². The Morgan fingerprint density at radius 1 is 1.00 bits per heavy atom. The summed E-state index contributed by atoms with van der Waals surface area (Å²) in [5.41, 5.74) is 5.50. The van der Waals surface area contributed by atoms with E-state index in [2.05, 4.69) is 21.2 Å². The minimum atomic E-state index is -0.800. The van der Waals surface area contributed by atoms with Gasteiger partial charge in [0.2, 0.25) is 0 Å². The van der Waals surface area contributed by atoms with Crippen molar-refractivity contribution >= 4 is 33.0 Å². The summed E-state index contributed by atoms with van der Waals surface area (Å²) in [7, 11) is 0. The second-order valence-electron chi connectivity index (χ2n) is 3.60. The topological polar surface area (TPSA) is 38.0 Å². The fourth-order valence-electron chi connectivity index (χ4n) is 1.43. The van der Waals surface area contributed by atoms with Crippen LogP contribution < -0.4 is 11.1 Å². The van der Waals surface area contributed by atoms with Gasteiger partial charge in [-0.25, -0.2) is 13.2 Å². The summed E-state index contributed by atoms with van der Waals surface area (Å²) in [6.45, 7) is 0. The second-order valence-corrected chi connectivity index (χ2v) is 4.52. The van der Waals surface area contributed by atoms with Crippen LogP contribution in [0.5, 0.6) is 0 Å². The first-order chi connectivity index (χ1) is 8.47. The Labute approximate surface area is 110 Å². The van der Waals surface area contributed by atoms with Crippen LogP contribution in [0.3, 0.4) is 0 Å². The largest absolute Gasteiger partial charge is 0.397 e. The minimum Gasteiger partial charge on any atom is -0.397 e. The summed E-state index contributed by atoms with van der Waals surface area (Å²) in [5.74, 6) is -2.15. The van der Waals surface area contributed by atoms with Crippen LogP contribution in [0.25, 0.3) is 0 Å². The number of anilines is 3. The van der Waals surface area contributed by atoms with Crippen molar-refractivity contribution < 1.29 is 13.2 Å². The zero-order valence-electron chi connectivity index (χ0n) is 8.98. The Morgan fingerprint density at radius 2 is 1.61 bits per heavy atom. The van der Waals surface area contributed by atoms with Gasteiger partial charge in [-0.3, -0.25) is 0 Å². The number of benzene rings is 2. The van der Waals surface area contributed by atoms with Crippen molar-refractivity contribution in [3.63, 3.8) is 0 Å². The summed E-state index contributed by atoms with van der Waals surface area (Å²) >= 11 is 2.97. The molecule has 0 fully saturated rings. The maximum Gasteiger partial charge on any atom is 0.150 e. The van der Waals surface area contributed by atoms with Crippen molar-refractivity contribution in [2.45, 2.75) is 0 Å². The fraction of sp³-hybridized carbons (Fsp3) is 0. The van der Waals surface area contributed by atoms with Crippen molar-refractivity contribution in [2.75, 3.05) is 11.1 Å². The van der Waals surface area contributed by atoms with Gasteiger partial charge >= 0.3 is 0 Å². The SMILES string of the molecule is Nc1ccc(F)cc1Nc1c(F)cc(Br)cc1F. The molecule has 0 saturated heterocycles. The van der Waals surface area contributed by atoms with Crippen LogP contribution in [0, 0.1) is 17.5 Å². The molecule has 6 heteroatoms. The Bertz CT molecular complexity index is 579. The molecular formula is C12H8BrF3N2. The molecule has 0 aromatic heterocycles. The zero-order chi connectivity index (χ0) is 13.3. The first-order valence-corrected chi connectivity index (χ1v) is 5.73. The van der Waals surface area contributed by atoms with Gasteiger partial charge in [0, 0.05) is 4.47 Å². The van der Waals surface area contributed by atoms with Crippen LogP contribution in [0.4, 0.5) is 30.2 Å². The first-order valence-electron chi connectivity index (χ1n) is 4.94. The van der Waals surface area contributed by atoms with E-state index in [4.69, 9.17) is 5.73 Å². The Balaban J connectivity index is 2.43. The standard InChI is InChI=1S/C12H8BrF3N2/c13-6-3-8(15)12(9(16)4-6)18-11-5-7(14)1-2-10(11)17/h1-5,18H,17H2. The highest BCUT2D eigenvalue weighted by atomic mass is 79.9. The molecule has 0 aliphatic carbocycles. The number of nitrogens with one attached hydrogen (secondary N) is 1. The predicted molar refractivity (Wildman–Crippen MR) is 68.2 cm³/mol. The van der Waals surface area contributed by atoms with Crippen LogP contribution in [-0.4, -0.2) is 0 Å². The molecule has 0 aliphatic rings. The van der Waals surface area contributed by atoms with Crippen LogP contribution in [0.15, 0.2) is 34.8 Å². The van der Waals surface area contributed by atoms with E-state index in [1.165, 1.54) is 6.07 Å². The van der Waals surface area contributed by atoms with E-state index >= 15 is 0 Å². The highest BCUT2D eigenvalue weighted by Gasteiger charge is 2.12. The van der Waals surface area contributed by atoms with Gasteiger partial charge in [0.05, 0.1) is 11.4 Å². The van der Waals surface area contributed by atoms with E-state index in [-0.39, 0.29) is 21.5 Å². The van der Waals surface area contributed by atoms with Crippen molar-refractivity contribution in [1.29, 1.82) is 0 Å². The summed E-state index contributed by atoms with van der Waals surface area (Å²) in [5, 5.41) is 2.44. The smallest absolute Gasteiger partial charge is 0.150 e. The van der Waals surface area contributed by atoms with Crippen molar-refractivity contribution in [3.05, 3.63) is 52.3 Å². The lowest BCUT2D eigenvalue weighted by Gasteiger charge is -2.11. The Hall–Kier alpha value is -1.69. The molecule has 0 unspecified atom stereocenters. The molecule has 2 rings (SSSR count). The molecule has 2 nitrogen and oxygen atoms in total. The lowest BCUT2D eigenvalue weighted by Crippen LogP contribution is -2.01. The van der Waals surface area contributed by atoms with E-state index in [9.17, 15) is 13.2 Å². The van der Waals surface area contributed by atoms with E-state index in [0.29, 0.717) is 0 Å². The van der Waals surface area contributed by atoms with E-state index < -0.39 is 17.5 Å². The lowest BCUT2D eigenvalue weighted by molar-refractivity contribution is 0.589. The van der Waals surface area contributed by atoms with Crippen LogP contribution in [0.1, 0.15) is 0 Å². The molecular weight excluding hydrogens is 309 g/mol. The molecule has 2 aromatic rings. The number of nitrogen functional groups attached to an aromatic ring is 1. The number of hydrogen-bond donors (Lipinski definition) is 2. The zero-order valence-corrected chi connectivity index (χ0v) is 10.6. The van der Waals surface area contributed by atoms with Crippen molar-refractivity contribution in [1.82, 2.24) is 0 Å². The van der Waals surface area contributed by atoms with Crippen LogP contribution >= 0.6 is 15.9 Å². The molecule has 0 spiro atoms. The molecule has 0 radical (unpaired) electrons. The van der Waals surface area contributed by atoms with E-state index in [1.807, 2.05) is 0 Å².